The summed E-state index contributed by atoms with van der Waals surface area (Å²) < 4.78 is 0. The Hall–Kier alpha value is -1.86. The number of carbonyl (C=O) groups excluding carboxylic acids is 1. The molecule has 1 nitrogen and oxygen atoms in total. The molecule has 0 bridgehead atoms. The fourth-order valence-corrected chi connectivity index (χ4v) is 1.77. The van der Waals surface area contributed by atoms with Gasteiger partial charge in [0.2, 0.25) is 0 Å². The van der Waals surface area contributed by atoms with Crippen molar-refractivity contribution in [2.75, 3.05) is 5.88 Å². The van der Waals surface area contributed by atoms with E-state index in [4.69, 9.17) is 11.6 Å². The van der Waals surface area contributed by atoms with Crippen LogP contribution in [0.15, 0.2) is 60.7 Å². The van der Waals surface area contributed by atoms with E-state index < -0.39 is 0 Å². The van der Waals surface area contributed by atoms with Gasteiger partial charge in [0.1, 0.15) is 0 Å². The first-order valence-corrected chi connectivity index (χ1v) is 6.27. The standard InChI is InChI=1S/C16H13ClO/c17-12-4-5-13-8-10-15(11-9-13)16(18)14-6-2-1-3-7-14/h1-11H,12H2/b5-4+. The topological polar surface area (TPSA) is 17.1 Å². The van der Waals surface area contributed by atoms with E-state index in [0.29, 0.717) is 17.0 Å². The third-order valence-electron chi connectivity index (χ3n) is 2.61. The first-order valence-electron chi connectivity index (χ1n) is 5.73. The lowest BCUT2D eigenvalue weighted by atomic mass is 10.0. The van der Waals surface area contributed by atoms with Gasteiger partial charge in [-0.15, -0.1) is 11.6 Å². The summed E-state index contributed by atoms with van der Waals surface area (Å²) in [6.07, 6.45) is 3.80. The number of rotatable bonds is 4. The summed E-state index contributed by atoms with van der Waals surface area (Å²) in [6, 6.07) is 16.8. The molecule has 0 N–H and O–H groups in total. The van der Waals surface area contributed by atoms with Gasteiger partial charge in [0.15, 0.2) is 5.78 Å². The second kappa shape index (κ2) is 6.18. The van der Waals surface area contributed by atoms with E-state index in [1.54, 1.807) is 0 Å². The Bertz CT molecular complexity index is 541. The van der Waals surface area contributed by atoms with Crippen LogP contribution in [0.1, 0.15) is 21.5 Å². The van der Waals surface area contributed by atoms with Crippen molar-refractivity contribution in [3.8, 4) is 0 Å². The minimum atomic E-state index is 0.0449. The molecule has 0 saturated heterocycles. The van der Waals surface area contributed by atoms with Gasteiger partial charge >= 0.3 is 0 Å². The van der Waals surface area contributed by atoms with Crippen molar-refractivity contribution in [1.82, 2.24) is 0 Å². The molecule has 2 rings (SSSR count). The van der Waals surface area contributed by atoms with Gasteiger partial charge in [-0.3, -0.25) is 4.79 Å². The van der Waals surface area contributed by atoms with Crippen LogP contribution in [0.5, 0.6) is 0 Å². The first-order chi connectivity index (χ1) is 8.81. The molecule has 18 heavy (non-hydrogen) atoms. The third-order valence-corrected chi connectivity index (χ3v) is 2.79. The van der Waals surface area contributed by atoms with Crippen LogP contribution in [0.25, 0.3) is 6.08 Å². The Morgan fingerprint density at radius 1 is 0.944 bits per heavy atom. The molecule has 2 heteroatoms. The molecule has 2 aromatic rings. The number of alkyl halides is 1. The molecule has 0 aliphatic heterocycles. The van der Waals surface area contributed by atoms with Crippen LogP contribution in [-0.4, -0.2) is 11.7 Å². The minimum Gasteiger partial charge on any atom is -0.289 e. The van der Waals surface area contributed by atoms with Crippen LogP contribution >= 0.6 is 11.6 Å². The van der Waals surface area contributed by atoms with Crippen LogP contribution in [0.3, 0.4) is 0 Å². The van der Waals surface area contributed by atoms with Gasteiger partial charge in [-0.2, -0.15) is 0 Å². The Morgan fingerprint density at radius 2 is 1.56 bits per heavy atom. The maximum Gasteiger partial charge on any atom is 0.193 e. The second-order valence-electron chi connectivity index (χ2n) is 3.87. The normalized spacial score (nSPS) is 10.7. The number of ketones is 1. The fraction of sp³-hybridized carbons (Fsp3) is 0.0625. The van der Waals surface area contributed by atoms with Crippen molar-refractivity contribution in [1.29, 1.82) is 0 Å². The predicted octanol–water partition coefficient (Wildman–Crippen LogP) is 4.17. The molecule has 0 unspecified atom stereocenters. The van der Waals surface area contributed by atoms with Gasteiger partial charge < -0.3 is 0 Å². The lowest BCUT2D eigenvalue weighted by Gasteiger charge is -2.01. The quantitative estimate of drug-likeness (QED) is 0.593. The molecular formula is C16H13ClO. The van der Waals surface area contributed by atoms with E-state index in [1.165, 1.54) is 0 Å². The molecule has 0 saturated carbocycles. The molecule has 0 aromatic heterocycles. The van der Waals surface area contributed by atoms with Crippen molar-refractivity contribution in [2.24, 2.45) is 0 Å². The van der Waals surface area contributed by atoms with E-state index in [9.17, 15) is 4.79 Å². The summed E-state index contributed by atoms with van der Waals surface area (Å²) in [5, 5.41) is 0. The van der Waals surface area contributed by atoms with E-state index >= 15 is 0 Å². The zero-order chi connectivity index (χ0) is 12.8. The molecule has 90 valence electrons. The van der Waals surface area contributed by atoms with Crippen LogP contribution in [0, 0.1) is 0 Å². The van der Waals surface area contributed by atoms with Crippen molar-refractivity contribution in [2.45, 2.75) is 0 Å². The van der Waals surface area contributed by atoms with Crippen LogP contribution in [0.4, 0.5) is 0 Å². The van der Waals surface area contributed by atoms with Crippen molar-refractivity contribution >= 4 is 23.5 Å². The van der Waals surface area contributed by atoms with Gasteiger partial charge in [0.05, 0.1) is 0 Å². The summed E-state index contributed by atoms with van der Waals surface area (Å²) in [4.78, 5) is 12.1. The predicted molar refractivity (Wildman–Crippen MR) is 76.1 cm³/mol. The van der Waals surface area contributed by atoms with Crippen LogP contribution in [0.2, 0.25) is 0 Å². The molecule has 0 spiro atoms. The number of hydrogen-bond donors (Lipinski definition) is 0. The molecule has 2 aromatic carbocycles. The Morgan fingerprint density at radius 3 is 2.17 bits per heavy atom. The van der Waals surface area contributed by atoms with Crippen LogP contribution < -0.4 is 0 Å². The molecule has 0 amide bonds. The third kappa shape index (κ3) is 3.08. The Balaban J connectivity index is 2.20. The van der Waals surface area contributed by atoms with Crippen molar-refractivity contribution in [3.63, 3.8) is 0 Å². The zero-order valence-corrected chi connectivity index (χ0v) is 10.6. The van der Waals surface area contributed by atoms with Gasteiger partial charge in [-0.1, -0.05) is 66.7 Å². The largest absolute Gasteiger partial charge is 0.289 e. The number of halogens is 1. The lowest BCUT2D eigenvalue weighted by molar-refractivity contribution is 0.103. The summed E-state index contributed by atoms with van der Waals surface area (Å²) in [7, 11) is 0. The summed E-state index contributed by atoms with van der Waals surface area (Å²) in [5.74, 6) is 0.536. The second-order valence-corrected chi connectivity index (χ2v) is 4.18. The monoisotopic (exact) mass is 256 g/mol. The van der Waals surface area contributed by atoms with Gasteiger partial charge in [-0.25, -0.2) is 0 Å². The highest BCUT2D eigenvalue weighted by Gasteiger charge is 2.07. The van der Waals surface area contributed by atoms with E-state index in [-0.39, 0.29) is 5.78 Å². The molecule has 0 aliphatic carbocycles. The Kier molecular flexibility index (Phi) is 4.32. The summed E-state index contributed by atoms with van der Waals surface area (Å²) in [6.45, 7) is 0. The molecule has 0 fully saturated rings. The molecule has 0 radical (unpaired) electrons. The lowest BCUT2D eigenvalue weighted by Crippen LogP contribution is -2.00. The van der Waals surface area contributed by atoms with Gasteiger partial charge in [-0.05, 0) is 5.56 Å². The molecular weight excluding hydrogens is 244 g/mol. The summed E-state index contributed by atoms with van der Waals surface area (Å²) >= 11 is 5.57. The maximum atomic E-state index is 12.1. The maximum absolute atomic E-state index is 12.1. The van der Waals surface area contributed by atoms with Crippen molar-refractivity contribution < 1.29 is 4.79 Å². The van der Waals surface area contributed by atoms with Gasteiger partial charge in [0.25, 0.3) is 0 Å². The molecule has 0 aliphatic rings. The Labute approximate surface area is 112 Å². The highest BCUT2D eigenvalue weighted by molar-refractivity contribution is 6.19. The van der Waals surface area contributed by atoms with Crippen molar-refractivity contribution in [3.05, 3.63) is 77.4 Å². The minimum absolute atomic E-state index is 0.0449. The molecule has 0 atom stereocenters. The number of allylic oxidation sites excluding steroid dienone is 1. The van der Waals surface area contributed by atoms with E-state index in [1.807, 2.05) is 66.7 Å². The molecule has 0 heterocycles. The summed E-state index contributed by atoms with van der Waals surface area (Å²) in [5.41, 5.74) is 2.45. The van der Waals surface area contributed by atoms with E-state index in [2.05, 4.69) is 0 Å². The highest BCUT2D eigenvalue weighted by Crippen LogP contribution is 2.11. The average molecular weight is 257 g/mol. The zero-order valence-electron chi connectivity index (χ0n) is 9.84. The number of carbonyl (C=O) groups is 1. The smallest absolute Gasteiger partial charge is 0.193 e. The first kappa shape index (κ1) is 12.6. The fourth-order valence-electron chi connectivity index (χ4n) is 1.68. The number of benzene rings is 2. The van der Waals surface area contributed by atoms with Crippen LogP contribution in [-0.2, 0) is 0 Å². The number of hydrogen-bond acceptors (Lipinski definition) is 1. The average Bonchev–Trinajstić information content (AvgIpc) is 2.46. The van der Waals surface area contributed by atoms with E-state index in [0.717, 1.165) is 5.56 Å². The SMILES string of the molecule is O=C(c1ccccc1)c1ccc(/C=C/CCl)cc1. The van der Waals surface area contributed by atoms with Gasteiger partial charge in [0, 0.05) is 17.0 Å². The highest BCUT2D eigenvalue weighted by atomic mass is 35.5.